The first kappa shape index (κ1) is 19.9. The van der Waals surface area contributed by atoms with E-state index in [1.807, 2.05) is 24.3 Å². The largest absolute Gasteiger partial charge is 0.488 e. The lowest BCUT2D eigenvalue weighted by Gasteiger charge is -2.37. The number of alkyl halides is 2. The average Bonchev–Trinajstić information content (AvgIpc) is 2.74. The SMILES string of the molecule is CN=C(NCc1cccc(OCC(F)F)c1)N1CCN(c2ccccn2)CC1. The lowest BCUT2D eigenvalue weighted by atomic mass is 10.2. The second-order valence-electron chi connectivity index (χ2n) is 6.41. The van der Waals surface area contributed by atoms with Crippen molar-refractivity contribution in [2.24, 2.45) is 4.99 Å². The number of nitrogens with zero attached hydrogens (tertiary/aromatic N) is 4. The smallest absolute Gasteiger partial charge is 0.272 e. The number of ether oxygens (including phenoxy) is 1. The number of hydrogen-bond donors (Lipinski definition) is 1. The quantitative estimate of drug-likeness (QED) is 0.608. The van der Waals surface area contributed by atoms with Crippen LogP contribution in [0.5, 0.6) is 5.75 Å². The van der Waals surface area contributed by atoms with Gasteiger partial charge in [0.2, 0.25) is 0 Å². The molecule has 6 nitrogen and oxygen atoms in total. The molecule has 1 fully saturated rings. The summed E-state index contributed by atoms with van der Waals surface area (Å²) in [6.07, 6.45) is -0.674. The van der Waals surface area contributed by atoms with E-state index in [0.29, 0.717) is 12.3 Å². The number of aromatic nitrogens is 1. The molecular formula is C20H25F2N5O. The summed E-state index contributed by atoms with van der Waals surface area (Å²) in [6, 6.07) is 13.1. The van der Waals surface area contributed by atoms with Gasteiger partial charge in [0.15, 0.2) is 5.96 Å². The van der Waals surface area contributed by atoms with E-state index < -0.39 is 13.0 Å². The van der Waals surface area contributed by atoms with Crippen LogP contribution in [0.4, 0.5) is 14.6 Å². The molecule has 28 heavy (non-hydrogen) atoms. The fraction of sp³-hybridized carbons (Fsp3) is 0.400. The Bertz CT molecular complexity index is 764. The number of benzene rings is 1. The van der Waals surface area contributed by atoms with Gasteiger partial charge in [-0.1, -0.05) is 18.2 Å². The van der Waals surface area contributed by atoms with Crippen molar-refractivity contribution in [3.63, 3.8) is 0 Å². The van der Waals surface area contributed by atoms with Gasteiger partial charge in [0, 0.05) is 46.0 Å². The molecule has 0 atom stereocenters. The van der Waals surface area contributed by atoms with Crippen LogP contribution in [0.2, 0.25) is 0 Å². The highest BCUT2D eigenvalue weighted by atomic mass is 19.3. The van der Waals surface area contributed by atoms with Crippen LogP contribution < -0.4 is 15.0 Å². The van der Waals surface area contributed by atoms with Gasteiger partial charge < -0.3 is 19.9 Å². The number of pyridine rings is 1. The van der Waals surface area contributed by atoms with Crippen molar-refractivity contribution in [1.82, 2.24) is 15.2 Å². The molecule has 0 saturated carbocycles. The number of nitrogens with one attached hydrogen (secondary N) is 1. The molecule has 1 aliphatic rings. The summed E-state index contributed by atoms with van der Waals surface area (Å²) in [5.41, 5.74) is 0.944. The van der Waals surface area contributed by atoms with E-state index in [2.05, 4.69) is 25.1 Å². The maximum Gasteiger partial charge on any atom is 0.272 e. The van der Waals surface area contributed by atoms with Gasteiger partial charge in [-0.25, -0.2) is 13.8 Å². The molecule has 1 aliphatic heterocycles. The Morgan fingerprint density at radius 3 is 2.68 bits per heavy atom. The lowest BCUT2D eigenvalue weighted by Crippen LogP contribution is -2.52. The number of anilines is 1. The maximum atomic E-state index is 12.3. The summed E-state index contributed by atoms with van der Waals surface area (Å²) in [5.74, 6) is 2.25. The first-order valence-electron chi connectivity index (χ1n) is 9.27. The third-order valence-electron chi connectivity index (χ3n) is 4.49. The van der Waals surface area contributed by atoms with Gasteiger partial charge in [-0.3, -0.25) is 4.99 Å². The number of piperazine rings is 1. The van der Waals surface area contributed by atoms with E-state index in [0.717, 1.165) is 43.5 Å². The summed E-state index contributed by atoms with van der Waals surface area (Å²) in [4.78, 5) is 13.2. The Morgan fingerprint density at radius 2 is 2.00 bits per heavy atom. The van der Waals surface area contributed by atoms with Crippen LogP contribution in [0, 0.1) is 0 Å². The highest BCUT2D eigenvalue weighted by molar-refractivity contribution is 5.80. The molecule has 0 unspecified atom stereocenters. The summed E-state index contributed by atoms with van der Waals surface area (Å²) in [6.45, 7) is 3.36. The zero-order valence-electron chi connectivity index (χ0n) is 15.9. The number of guanidine groups is 1. The topological polar surface area (TPSA) is 53.0 Å². The van der Waals surface area contributed by atoms with E-state index in [4.69, 9.17) is 4.74 Å². The summed E-state index contributed by atoms with van der Waals surface area (Å²) < 4.78 is 29.7. The van der Waals surface area contributed by atoms with Crippen molar-refractivity contribution < 1.29 is 13.5 Å². The molecule has 0 spiro atoms. The third-order valence-corrected chi connectivity index (χ3v) is 4.49. The molecule has 150 valence electrons. The Hall–Kier alpha value is -2.90. The highest BCUT2D eigenvalue weighted by Crippen LogP contribution is 2.15. The fourth-order valence-electron chi connectivity index (χ4n) is 3.11. The van der Waals surface area contributed by atoms with E-state index >= 15 is 0 Å². The molecule has 0 amide bonds. The van der Waals surface area contributed by atoms with Crippen LogP contribution in [0.15, 0.2) is 53.7 Å². The predicted molar refractivity (Wildman–Crippen MR) is 106 cm³/mol. The average molecular weight is 389 g/mol. The molecular weight excluding hydrogens is 364 g/mol. The van der Waals surface area contributed by atoms with Crippen LogP contribution in [0.1, 0.15) is 5.56 Å². The Labute approximate surface area is 163 Å². The Morgan fingerprint density at radius 1 is 1.18 bits per heavy atom. The molecule has 1 aromatic carbocycles. The summed E-state index contributed by atoms with van der Waals surface area (Å²) in [7, 11) is 1.76. The van der Waals surface area contributed by atoms with Gasteiger partial charge in [-0.05, 0) is 29.8 Å². The second kappa shape index (κ2) is 9.87. The van der Waals surface area contributed by atoms with E-state index in [1.54, 1.807) is 31.4 Å². The summed E-state index contributed by atoms with van der Waals surface area (Å²) >= 11 is 0. The molecule has 2 heterocycles. The van der Waals surface area contributed by atoms with Crippen LogP contribution in [0.25, 0.3) is 0 Å². The van der Waals surface area contributed by atoms with Gasteiger partial charge in [-0.2, -0.15) is 0 Å². The number of rotatable bonds is 6. The Balaban J connectivity index is 1.51. The standard InChI is InChI=1S/C20H25F2N5O/c1-23-20(25-14-16-5-4-6-17(13-16)28-15-18(21)22)27-11-9-26(10-12-27)19-7-2-3-8-24-19/h2-8,13,18H,9-12,14-15H2,1H3,(H,23,25). The first-order valence-corrected chi connectivity index (χ1v) is 9.27. The minimum absolute atomic E-state index is 0.443. The monoisotopic (exact) mass is 389 g/mol. The zero-order chi connectivity index (χ0) is 19.8. The third kappa shape index (κ3) is 5.55. The zero-order valence-corrected chi connectivity index (χ0v) is 15.9. The second-order valence-corrected chi connectivity index (χ2v) is 6.41. The fourth-order valence-corrected chi connectivity index (χ4v) is 3.11. The van der Waals surface area contributed by atoms with Crippen molar-refractivity contribution in [2.45, 2.75) is 13.0 Å². The van der Waals surface area contributed by atoms with Gasteiger partial charge in [-0.15, -0.1) is 0 Å². The number of aliphatic imine (C=N–C) groups is 1. The molecule has 0 bridgehead atoms. The molecule has 3 rings (SSSR count). The Kier molecular flexibility index (Phi) is 7.00. The van der Waals surface area contributed by atoms with E-state index in [-0.39, 0.29) is 0 Å². The van der Waals surface area contributed by atoms with E-state index in [1.165, 1.54) is 0 Å². The highest BCUT2D eigenvalue weighted by Gasteiger charge is 2.20. The molecule has 2 aromatic rings. The van der Waals surface area contributed by atoms with Crippen LogP contribution in [-0.2, 0) is 6.54 Å². The van der Waals surface area contributed by atoms with Crippen molar-refractivity contribution in [2.75, 3.05) is 44.7 Å². The van der Waals surface area contributed by atoms with Gasteiger partial charge in [0.05, 0.1) is 0 Å². The molecule has 8 heteroatoms. The molecule has 1 aromatic heterocycles. The normalized spacial score (nSPS) is 15.1. The van der Waals surface area contributed by atoms with Gasteiger partial charge in [0.1, 0.15) is 18.2 Å². The van der Waals surface area contributed by atoms with Crippen LogP contribution >= 0.6 is 0 Å². The van der Waals surface area contributed by atoms with Gasteiger partial charge >= 0.3 is 0 Å². The van der Waals surface area contributed by atoms with Crippen LogP contribution in [0.3, 0.4) is 0 Å². The molecule has 0 aliphatic carbocycles. The van der Waals surface area contributed by atoms with Crippen molar-refractivity contribution in [3.8, 4) is 5.75 Å². The lowest BCUT2D eigenvalue weighted by molar-refractivity contribution is 0.0818. The first-order chi connectivity index (χ1) is 13.7. The van der Waals surface area contributed by atoms with Crippen molar-refractivity contribution in [1.29, 1.82) is 0 Å². The van der Waals surface area contributed by atoms with E-state index in [9.17, 15) is 8.78 Å². The van der Waals surface area contributed by atoms with Crippen molar-refractivity contribution >= 4 is 11.8 Å². The number of hydrogen-bond acceptors (Lipinski definition) is 4. The minimum atomic E-state index is -2.48. The summed E-state index contributed by atoms with van der Waals surface area (Å²) in [5, 5.41) is 3.34. The van der Waals surface area contributed by atoms with Gasteiger partial charge in [0.25, 0.3) is 6.43 Å². The molecule has 1 N–H and O–H groups in total. The molecule has 0 radical (unpaired) electrons. The maximum absolute atomic E-state index is 12.3. The van der Waals surface area contributed by atoms with Crippen molar-refractivity contribution in [3.05, 3.63) is 54.2 Å². The minimum Gasteiger partial charge on any atom is -0.488 e. The van der Waals surface area contributed by atoms with Crippen LogP contribution in [-0.4, -0.2) is 62.1 Å². The number of halogens is 2. The predicted octanol–water partition coefficient (Wildman–Crippen LogP) is 2.62. The molecule has 1 saturated heterocycles.